The van der Waals surface area contributed by atoms with E-state index in [2.05, 4.69) is 0 Å². The number of carbonyl (C=O) groups excluding carboxylic acids is 3. The number of carbonyl (C=O) groups is 3. The highest BCUT2D eigenvalue weighted by molar-refractivity contribution is 6.29. The van der Waals surface area contributed by atoms with Gasteiger partial charge < -0.3 is 5.11 Å². The number of hydrogen-bond donors (Lipinski definition) is 1. The summed E-state index contributed by atoms with van der Waals surface area (Å²) in [6.07, 6.45) is 3.30. The molecule has 4 nitrogen and oxygen atoms in total. The SMILES string of the molecule is C/C=C/C1=C(C)C(=O)c2c(C)c(O)c(C(C)=O)c(C)c2C1=O. The average molecular weight is 298 g/mol. The summed E-state index contributed by atoms with van der Waals surface area (Å²) in [6, 6.07) is 0. The molecule has 0 unspecified atom stereocenters. The molecule has 0 saturated carbocycles. The van der Waals surface area contributed by atoms with Crippen molar-refractivity contribution in [1.82, 2.24) is 0 Å². The molecule has 0 radical (unpaired) electrons. The lowest BCUT2D eigenvalue weighted by atomic mass is 9.78. The number of allylic oxidation sites excluding steroid dienone is 4. The maximum Gasteiger partial charge on any atom is 0.194 e. The summed E-state index contributed by atoms with van der Waals surface area (Å²) in [5.41, 5.74) is 1.87. The van der Waals surface area contributed by atoms with Gasteiger partial charge in [0.1, 0.15) is 5.75 Å². The Hall–Kier alpha value is -2.49. The zero-order valence-electron chi connectivity index (χ0n) is 13.3. The van der Waals surface area contributed by atoms with Crippen molar-refractivity contribution in [3.63, 3.8) is 0 Å². The smallest absolute Gasteiger partial charge is 0.194 e. The summed E-state index contributed by atoms with van der Waals surface area (Å²) in [6.45, 7) is 7.84. The first-order chi connectivity index (χ1) is 10.2. The first kappa shape index (κ1) is 15.9. The van der Waals surface area contributed by atoms with Crippen LogP contribution in [-0.2, 0) is 0 Å². The van der Waals surface area contributed by atoms with Crippen LogP contribution in [0.3, 0.4) is 0 Å². The van der Waals surface area contributed by atoms with Crippen LogP contribution in [0, 0.1) is 13.8 Å². The van der Waals surface area contributed by atoms with E-state index in [0.29, 0.717) is 16.7 Å². The molecule has 0 aliphatic heterocycles. The molecule has 1 aliphatic rings. The second-order valence-corrected chi connectivity index (χ2v) is 5.48. The van der Waals surface area contributed by atoms with Crippen LogP contribution >= 0.6 is 0 Å². The Bertz CT molecular complexity index is 792. The molecule has 0 bridgehead atoms. The maximum absolute atomic E-state index is 12.8. The van der Waals surface area contributed by atoms with Gasteiger partial charge in [0.05, 0.1) is 5.56 Å². The topological polar surface area (TPSA) is 71.4 Å². The molecule has 1 N–H and O–H groups in total. The summed E-state index contributed by atoms with van der Waals surface area (Å²) in [4.78, 5) is 37.2. The Kier molecular flexibility index (Phi) is 3.88. The molecule has 22 heavy (non-hydrogen) atoms. The summed E-state index contributed by atoms with van der Waals surface area (Å²) < 4.78 is 0. The number of aromatic hydroxyl groups is 1. The number of hydrogen-bond acceptors (Lipinski definition) is 4. The van der Waals surface area contributed by atoms with Gasteiger partial charge in [-0.2, -0.15) is 0 Å². The molecule has 1 aliphatic carbocycles. The van der Waals surface area contributed by atoms with Gasteiger partial charge in [0, 0.05) is 27.8 Å². The number of benzene rings is 1. The Morgan fingerprint density at radius 1 is 1.00 bits per heavy atom. The van der Waals surface area contributed by atoms with Crippen LogP contribution in [0.1, 0.15) is 63.0 Å². The minimum absolute atomic E-state index is 0.108. The van der Waals surface area contributed by atoms with Crippen molar-refractivity contribution < 1.29 is 19.5 Å². The monoisotopic (exact) mass is 298 g/mol. The van der Waals surface area contributed by atoms with Crippen LogP contribution in [0.25, 0.3) is 0 Å². The van der Waals surface area contributed by atoms with Crippen LogP contribution in [0.15, 0.2) is 23.3 Å². The summed E-state index contributed by atoms with van der Waals surface area (Å²) in [5, 5.41) is 10.2. The predicted molar refractivity (Wildman–Crippen MR) is 83.8 cm³/mol. The fraction of sp³-hybridized carbons (Fsp3) is 0.278. The Morgan fingerprint density at radius 3 is 2.05 bits per heavy atom. The molecular weight excluding hydrogens is 280 g/mol. The van der Waals surface area contributed by atoms with Crippen LogP contribution in [0.4, 0.5) is 0 Å². The van der Waals surface area contributed by atoms with E-state index in [-0.39, 0.29) is 45.4 Å². The minimum Gasteiger partial charge on any atom is -0.507 e. The largest absolute Gasteiger partial charge is 0.507 e. The molecule has 0 fully saturated rings. The summed E-state index contributed by atoms with van der Waals surface area (Å²) in [7, 11) is 0. The third-order valence-corrected chi connectivity index (χ3v) is 4.10. The van der Waals surface area contributed by atoms with Gasteiger partial charge in [-0.25, -0.2) is 0 Å². The molecule has 0 amide bonds. The average Bonchev–Trinajstić information content (AvgIpc) is 2.44. The molecule has 0 atom stereocenters. The van der Waals surface area contributed by atoms with E-state index in [0.717, 1.165) is 0 Å². The van der Waals surface area contributed by atoms with E-state index in [9.17, 15) is 19.5 Å². The minimum atomic E-state index is -0.333. The van der Waals surface area contributed by atoms with Gasteiger partial charge in [0.2, 0.25) is 0 Å². The number of phenolic OH excluding ortho intramolecular Hbond substituents is 1. The fourth-order valence-electron chi connectivity index (χ4n) is 2.96. The first-order valence-electron chi connectivity index (χ1n) is 7.04. The van der Waals surface area contributed by atoms with Crippen molar-refractivity contribution in [2.45, 2.75) is 34.6 Å². The molecule has 4 heteroatoms. The standard InChI is InChI=1S/C18H18O4/c1-6-7-12-8(2)16(20)15-10(4)17(21)13(11(5)19)9(3)14(15)18(12)22/h6-7,21H,1-5H3/b7-6+. The highest BCUT2D eigenvalue weighted by Gasteiger charge is 2.35. The Balaban J connectivity index is 2.95. The van der Waals surface area contributed by atoms with Crippen molar-refractivity contribution in [3.8, 4) is 5.75 Å². The van der Waals surface area contributed by atoms with Gasteiger partial charge >= 0.3 is 0 Å². The van der Waals surface area contributed by atoms with Crippen molar-refractivity contribution >= 4 is 17.3 Å². The predicted octanol–water partition coefficient (Wildman–Crippen LogP) is 3.48. The van der Waals surface area contributed by atoms with Crippen molar-refractivity contribution in [2.75, 3.05) is 0 Å². The fourth-order valence-corrected chi connectivity index (χ4v) is 2.96. The Morgan fingerprint density at radius 2 is 1.55 bits per heavy atom. The number of ketones is 3. The lowest BCUT2D eigenvalue weighted by molar-refractivity contribution is 0.0974. The van der Waals surface area contributed by atoms with Crippen LogP contribution < -0.4 is 0 Å². The Labute approximate surface area is 129 Å². The number of rotatable bonds is 2. The quantitative estimate of drug-likeness (QED) is 0.848. The van der Waals surface area contributed by atoms with Gasteiger partial charge in [0.25, 0.3) is 0 Å². The van der Waals surface area contributed by atoms with E-state index in [1.54, 1.807) is 39.8 Å². The molecular formula is C18H18O4. The molecule has 0 saturated heterocycles. The number of Topliss-reactive ketones (excluding diaryl/α,β-unsaturated/α-hetero) is 3. The van der Waals surface area contributed by atoms with E-state index in [1.807, 2.05) is 0 Å². The summed E-state index contributed by atoms with van der Waals surface area (Å²) >= 11 is 0. The molecule has 114 valence electrons. The maximum atomic E-state index is 12.8. The highest BCUT2D eigenvalue weighted by Crippen LogP contribution is 2.38. The zero-order valence-corrected chi connectivity index (χ0v) is 13.3. The molecule has 1 aromatic rings. The van der Waals surface area contributed by atoms with Gasteiger partial charge in [-0.15, -0.1) is 0 Å². The van der Waals surface area contributed by atoms with Crippen LogP contribution in [-0.4, -0.2) is 22.5 Å². The van der Waals surface area contributed by atoms with E-state index in [4.69, 9.17) is 0 Å². The lowest BCUT2D eigenvalue weighted by Crippen LogP contribution is -2.24. The van der Waals surface area contributed by atoms with E-state index < -0.39 is 0 Å². The molecule has 1 aromatic carbocycles. The van der Waals surface area contributed by atoms with Crippen LogP contribution in [0.5, 0.6) is 5.75 Å². The summed E-state index contributed by atoms with van der Waals surface area (Å²) in [5.74, 6) is -1.12. The number of fused-ring (bicyclic) bond motifs is 1. The van der Waals surface area contributed by atoms with Gasteiger partial charge in [0.15, 0.2) is 17.3 Å². The third kappa shape index (κ3) is 2.03. The van der Waals surface area contributed by atoms with Crippen LogP contribution in [0.2, 0.25) is 0 Å². The van der Waals surface area contributed by atoms with Crippen molar-refractivity contribution in [1.29, 1.82) is 0 Å². The van der Waals surface area contributed by atoms with E-state index >= 15 is 0 Å². The highest BCUT2D eigenvalue weighted by atomic mass is 16.3. The van der Waals surface area contributed by atoms with Crippen molar-refractivity contribution in [2.24, 2.45) is 0 Å². The second kappa shape index (κ2) is 5.37. The molecule has 0 heterocycles. The molecule has 2 rings (SSSR count). The van der Waals surface area contributed by atoms with Gasteiger partial charge in [-0.1, -0.05) is 12.2 Å². The van der Waals surface area contributed by atoms with E-state index in [1.165, 1.54) is 6.92 Å². The molecule has 0 spiro atoms. The van der Waals surface area contributed by atoms with Gasteiger partial charge in [-0.05, 0) is 40.2 Å². The number of phenols is 1. The normalized spacial score (nSPS) is 14.8. The second-order valence-electron chi connectivity index (χ2n) is 5.48. The first-order valence-corrected chi connectivity index (χ1v) is 7.04. The van der Waals surface area contributed by atoms with Crippen molar-refractivity contribution in [3.05, 3.63) is 51.1 Å². The van der Waals surface area contributed by atoms with Gasteiger partial charge in [-0.3, -0.25) is 14.4 Å². The molecule has 0 aromatic heterocycles. The third-order valence-electron chi connectivity index (χ3n) is 4.10. The lowest BCUT2D eigenvalue weighted by Gasteiger charge is -2.23. The zero-order chi connectivity index (χ0) is 16.8.